The highest BCUT2D eigenvalue weighted by Gasteiger charge is 2.22. The van der Waals surface area contributed by atoms with Crippen LogP contribution in [0.4, 0.5) is 0 Å². The maximum atomic E-state index is 4.14. The molecule has 1 aliphatic heterocycles. The van der Waals surface area contributed by atoms with Gasteiger partial charge in [0.25, 0.3) is 0 Å². The molecule has 0 amide bonds. The van der Waals surface area contributed by atoms with Gasteiger partial charge in [-0.05, 0) is 20.0 Å². The van der Waals surface area contributed by atoms with Crippen LogP contribution >= 0.6 is 0 Å². The Kier molecular flexibility index (Phi) is 4.14. The number of hydrogen-bond acceptors (Lipinski definition) is 2. The summed E-state index contributed by atoms with van der Waals surface area (Å²) in [5.74, 6) is 0.697. The van der Waals surface area contributed by atoms with Crippen LogP contribution in [0.5, 0.6) is 0 Å². The number of aromatic nitrogens is 2. The molecule has 1 atom stereocenters. The minimum absolute atomic E-state index is 0.697. The van der Waals surface area contributed by atoms with Crippen LogP contribution in [0, 0.1) is 0 Å². The van der Waals surface area contributed by atoms with Gasteiger partial charge < -0.3 is 9.47 Å². The first-order valence-electron chi connectivity index (χ1n) is 5.42. The second-order valence-corrected chi connectivity index (χ2v) is 3.68. The van der Waals surface area contributed by atoms with Crippen LogP contribution < -0.4 is 0 Å². The number of aryl methyl sites for hydroxylation is 1. The van der Waals surface area contributed by atoms with E-state index in [4.69, 9.17) is 0 Å². The molecule has 1 aromatic rings. The van der Waals surface area contributed by atoms with Gasteiger partial charge in [-0.3, -0.25) is 0 Å². The molecule has 0 radical (unpaired) electrons. The van der Waals surface area contributed by atoms with Crippen molar-refractivity contribution in [2.45, 2.75) is 26.2 Å². The number of rotatable bonds is 1. The third kappa shape index (κ3) is 2.35. The normalized spacial score (nSPS) is 21.9. The standard InChI is InChI=1S/C9H15N3.C2H6/c1-11-4-3-8(6-11)9-5-10-7-12(9)2;1-2/h5,7-8H,3-4,6H2,1-2H3;1-2H3. The Hall–Kier alpha value is -0.830. The van der Waals surface area contributed by atoms with Crippen molar-refractivity contribution in [3.05, 3.63) is 18.2 Å². The molecular formula is C11H21N3. The lowest BCUT2D eigenvalue weighted by Gasteiger charge is -2.10. The summed E-state index contributed by atoms with van der Waals surface area (Å²) in [6.07, 6.45) is 5.15. The minimum atomic E-state index is 0.697. The predicted molar refractivity (Wildman–Crippen MR) is 59.4 cm³/mol. The van der Waals surface area contributed by atoms with Crippen LogP contribution in [0.3, 0.4) is 0 Å². The molecule has 3 heteroatoms. The molecule has 2 rings (SSSR count). The van der Waals surface area contributed by atoms with E-state index >= 15 is 0 Å². The summed E-state index contributed by atoms with van der Waals surface area (Å²) in [5, 5.41) is 0. The molecule has 0 spiro atoms. The molecule has 1 aliphatic rings. The second-order valence-electron chi connectivity index (χ2n) is 3.68. The molecule has 3 nitrogen and oxygen atoms in total. The number of likely N-dealkylation sites (tertiary alicyclic amines) is 1. The van der Waals surface area contributed by atoms with E-state index in [2.05, 4.69) is 28.5 Å². The van der Waals surface area contributed by atoms with Gasteiger partial charge in [0.2, 0.25) is 0 Å². The van der Waals surface area contributed by atoms with E-state index in [1.54, 1.807) is 0 Å². The van der Waals surface area contributed by atoms with E-state index in [-0.39, 0.29) is 0 Å². The summed E-state index contributed by atoms with van der Waals surface area (Å²) in [6, 6.07) is 0. The van der Waals surface area contributed by atoms with Gasteiger partial charge in [0.15, 0.2) is 0 Å². The molecule has 1 aromatic heterocycles. The van der Waals surface area contributed by atoms with Crippen LogP contribution in [0.2, 0.25) is 0 Å². The topological polar surface area (TPSA) is 21.1 Å². The zero-order valence-corrected chi connectivity index (χ0v) is 9.70. The van der Waals surface area contributed by atoms with Crippen molar-refractivity contribution < 1.29 is 0 Å². The van der Waals surface area contributed by atoms with E-state index in [1.807, 2.05) is 26.4 Å². The Morgan fingerprint density at radius 3 is 2.50 bits per heavy atom. The molecule has 0 aliphatic carbocycles. The van der Waals surface area contributed by atoms with Crippen molar-refractivity contribution in [1.29, 1.82) is 0 Å². The van der Waals surface area contributed by atoms with Crippen molar-refractivity contribution in [2.24, 2.45) is 7.05 Å². The molecule has 80 valence electrons. The first kappa shape index (κ1) is 11.2. The third-order valence-electron chi connectivity index (χ3n) is 2.66. The lowest BCUT2D eigenvalue weighted by Crippen LogP contribution is -2.14. The number of hydrogen-bond donors (Lipinski definition) is 0. The van der Waals surface area contributed by atoms with E-state index in [9.17, 15) is 0 Å². The van der Waals surface area contributed by atoms with E-state index in [1.165, 1.54) is 25.2 Å². The Labute approximate surface area is 86.7 Å². The molecule has 0 N–H and O–H groups in total. The summed E-state index contributed by atoms with van der Waals surface area (Å²) >= 11 is 0. The molecule has 1 unspecified atom stereocenters. The molecule has 0 saturated carbocycles. The Bertz CT molecular complexity index is 267. The fourth-order valence-electron chi connectivity index (χ4n) is 1.94. The van der Waals surface area contributed by atoms with Crippen molar-refractivity contribution in [1.82, 2.24) is 14.5 Å². The van der Waals surface area contributed by atoms with Gasteiger partial charge in [-0.2, -0.15) is 0 Å². The fourth-order valence-corrected chi connectivity index (χ4v) is 1.94. The first-order chi connectivity index (χ1) is 6.77. The monoisotopic (exact) mass is 195 g/mol. The fraction of sp³-hybridized carbons (Fsp3) is 0.727. The Morgan fingerprint density at radius 2 is 2.07 bits per heavy atom. The van der Waals surface area contributed by atoms with Crippen LogP contribution in [-0.4, -0.2) is 34.6 Å². The number of nitrogens with zero attached hydrogens (tertiary/aromatic N) is 3. The van der Waals surface area contributed by atoms with E-state index in [0.717, 1.165) is 0 Å². The summed E-state index contributed by atoms with van der Waals surface area (Å²) < 4.78 is 2.13. The average molecular weight is 195 g/mol. The van der Waals surface area contributed by atoms with Crippen molar-refractivity contribution in [3.63, 3.8) is 0 Å². The van der Waals surface area contributed by atoms with Gasteiger partial charge in [-0.15, -0.1) is 0 Å². The van der Waals surface area contributed by atoms with Crippen LogP contribution in [0.1, 0.15) is 31.9 Å². The maximum absolute atomic E-state index is 4.14. The molecule has 1 saturated heterocycles. The molecule has 14 heavy (non-hydrogen) atoms. The molecule has 2 heterocycles. The number of imidazole rings is 1. The van der Waals surface area contributed by atoms with Gasteiger partial charge in [-0.25, -0.2) is 4.98 Å². The van der Waals surface area contributed by atoms with Gasteiger partial charge >= 0.3 is 0 Å². The quantitative estimate of drug-likeness (QED) is 0.682. The minimum Gasteiger partial charge on any atom is -0.337 e. The summed E-state index contributed by atoms with van der Waals surface area (Å²) in [5.41, 5.74) is 1.37. The predicted octanol–water partition coefficient (Wildman–Crippen LogP) is 1.87. The molecular weight excluding hydrogens is 174 g/mol. The molecule has 0 aromatic carbocycles. The largest absolute Gasteiger partial charge is 0.337 e. The van der Waals surface area contributed by atoms with Crippen molar-refractivity contribution >= 4 is 0 Å². The van der Waals surface area contributed by atoms with Gasteiger partial charge in [0, 0.05) is 31.4 Å². The molecule has 0 bridgehead atoms. The highest BCUT2D eigenvalue weighted by Crippen LogP contribution is 2.24. The molecule has 1 fully saturated rings. The summed E-state index contributed by atoms with van der Waals surface area (Å²) in [7, 11) is 4.25. The Morgan fingerprint density at radius 1 is 1.36 bits per heavy atom. The van der Waals surface area contributed by atoms with E-state index in [0.29, 0.717) is 5.92 Å². The lowest BCUT2D eigenvalue weighted by atomic mass is 10.1. The van der Waals surface area contributed by atoms with Crippen LogP contribution in [-0.2, 0) is 7.05 Å². The van der Waals surface area contributed by atoms with Crippen molar-refractivity contribution in [3.8, 4) is 0 Å². The third-order valence-corrected chi connectivity index (χ3v) is 2.66. The lowest BCUT2D eigenvalue weighted by molar-refractivity contribution is 0.410. The smallest absolute Gasteiger partial charge is 0.0945 e. The van der Waals surface area contributed by atoms with Gasteiger partial charge in [0.1, 0.15) is 0 Å². The van der Waals surface area contributed by atoms with Crippen LogP contribution in [0.15, 0.2) is 12.5 Å². The SMILES string of the molecule is CC.CN1CCC(c2cncn2C)C1. The Balaban J connectivity index is 0.000000461. The second kappa shape index (κ2) is 5.15. The maximum Gasteiger partial charge on any atom is 0.0945 e. The van der Waals surface area contributed by atoms with E-state index < -0.39 is 0 Å². The zero-order valence-electron chi connectivity index (χ0n) is 9.70. The average Bonchev–Trinajstić information content (AvgIpc) is 2.78. The highest BCUT2D eigenvalue weighted by molar-refractivity contribution is 5.08. The van der Waals surface area contributed by atoms with Gasteiger partial charge in [0.05, 0.1) is 6.33 Å². The summed E-state index contributed by atoms with van der Waals surface area (Å²) in [6.45, 7) is 6.40. The highest BCUT2D eigenvalue weighted by atomic mass is 15.1. The van der Waals surface area contributed by atoms with Gasteiger partial charge in [-0.1, -0.05) is 13.8 Å². The van der Waals surface area contributed by atoms with Crippen LogP contribution in [0.25, 0.3) is 0 Å². The summed E-state index contributed by atoms with van der Waals surface area (Å²) in [4.78, 5) is 6.51. The zero-order chi connectivity index (χ0) is 10.6. The van der Waals surface area contributed by atoms with Crippen molar-refractivity contribution in [2.75, 3.05) is 20.1 Å². The number of likely N-dealkylation sites (N-methyl/N-ethyl adjacent to an activating group) is 1. The first-order valence-corrected chi connectivity index (χ1v) is 5.42.